The Morgan fingerprint density at radius 2 is 2.17 bits per heavy atom. The second-order valence-electron chi connectivity index (χ2n) is 3.92. The molecule has 0 saturated heterocycles. The lowest BCUT2D eigenvalue weighted by atomic mass is 10.1. The molecule has 3 N–H and O–H groups in total. The molecule has 18 heavy (non-hydrogen) atoms. The molecule has 2 rings (SSSR count). The molecule has 96 valence electrons. The molecule has 0 amide bonds. The Balaban J connectivity index is 2.33. The molecule has 0 saturated carbocycles. The third kappa shape index (κ3) is 2.77. The molecule has 4 nitrogen and oxygen atoms in total. The quantitative estimate of drug-likeness (QED) is 0.755. The van der Waals surface area contributed by atoms with Crippen molar-refractivity contribution in [3.8, 4) is 0 Å². The van der Waals surface area contributed by atoms with Gasteiger partial charge in [0.05, 0.1) is 22.4 Å². The van der Waals surface area contributed by atoms with E-state index >= 15 is 0 Å². The Bertz CT molecular complexity index is 613. The maximum atomic E-state index is 11.7. The average molecular weight is 287 g/mol. The van der Waals surface area contributed by atoms with Crippen LogP contribution in [0.25, 0.3) is 10.8 Å². The lowest BCUT2D eigenvalue weighted by molar-refractivity contribution is 0.211. The molecule has 0 fully saturated rings. The van der Waals surface area contributed by atoms with Gasteiger partial charge in [-0.25, -0.2) is 0 Å². The fourth-order valence-electron chi connectivity index (χ4n) is 1.62. The highest BCUT2D eigenvalue weighted by molar-refractivity contribution is 6.35. The number of anilines is 1. The molecular formula is C12H12Cl2N2O2. The fraction of sp³-hybridized carbons (Fsp3) is 0.250. The first kappa shape index (κ1) is 13.2. The van der Waals surface area contributed by atoms with Crippen molar-refractivity contribution >= 4 is 39.7 Å². The van der Waals surface area contributed by atoms with Gasteiger partial charge in [0.15, 0.2) is 0 Å². The second kappa shape index (κ2) is 5.61. The number of aromatic amines is 1. The number of benzene rings is 1. The third-order valence-electron chi connectivity index (χ3n) is 2.57. The van der Waals surface area contributed by atoms with Crippen LogP contribution < -0.4 is 10.9 Å². The zero-order valence-corrected chi connectivity index (χ0v) is 10.9. The number of alkyl halides is 1. The van der Waals surface area contributed by atoms with E-state index in [-0.39, 0.29) is 11.4 Å². The third-order valence-corrected chi connectivity index (χ3v) is 3.24. The van der Waals surface area contributed by atoms with Crippen molar-refractivity contribution in [2.45, 2.75) is 6.10 Å². The van der Waals surface area contributed by atoms with Gasteiger partial charge >= 0.3 is 0 Å². The number of pyridine rings is 1. The average Bonchev–Trinajstić information content (AvgIpc) is 2.40. The number of fused-ring (bicyclic) bond motifs is 1. The van der Waals surface area contributed by atoms with Crippen molar-refractivity contribution in [3.05, 3.63) is 39.8 Å². The van der Waals surface area contributed by atoms with E-state index in [1.807, 2.05) is 0 Å². The number of nitrogens with one attached hydrogen (secondary N) is 2. The number of aliphatic hydroxyl groups excluding tert-OH is 1. The van der Waals surface area contributed by atoms with Crippen LogP contribution in [-0.4, -0.2) is 28.6 Å². The Morgan fingerprint density at radius 1 is 1.39 bits per heavy atom. The van der Waals surface area contributed by atoms with Gasteiger partial charge in [0.25, 0.3) is 5.56 Å². The standard InChI is InChI=1S/C12H12Cl2N2O2/c13-4-8(17)5-15-7-1-2-9-10(3-7)12(18)16-6-11(9)14/h1-3,6,8,15,17H,4-5H2,(H,16,18). The van der Waals surface area contributed by atoms with E-state index in [1.165, 1.54) is 6.20 Å². The fourth-order valence-corrected chi connectivity index (χ4v) is 1.95. The van der Waals surface area contributed by atoms with Crippen LogP contribution in [0.4, 0.5) is 5.69 Å². The van der Waals surface area contributed by atoms with E-state index in [1.54, 1.807) is 18.2 Å². The zero-order valence-electron chi connectivity index (χ0n) is 9.41. The molecule has 0 bridgehead atoms. The summed E-state index contributed by atoms with van der Waals surface area (Å²) in [5.74, 6) is 0.160. The van der Waals surface area contributed by atoms with E-state index in [4.69, 9.17) is 23.2 Å². The molecule has 0 spiro atoms. The summed E-state index contributed by atoms with van der Waals surface area (Å²) >= 11 is 11.5. The summed E-state index contributed by atoms with van der Waals surface area (Å²) in [6.07, 6.45) is 0.844. The molecular weight excluding hydrogens is 275 g/mol. The van der Waals surface area contributed by atoms with E-state index < -0.39 is 6.10 Å². The zero-order chi connectivity index (χ0) is 13.1. The second-order valence-corrected chi connectivity index (χ2v) is 4.63. The minimum atomic E-state index is -0.625. The van der Waals surface area contributed by atoms with Crippen molar-refractivity contribution in [2.24, 2.45) is 0 Å². The van der Waals surface area contributed by atoms with Crippen LogP contribution >= 0.6 is 23.2 Å². The summed E-state index contributed by atoms with van der Waals surface area (Å²) in [7, 11) is 0. The summed E-state index contributed by atoms with van der Waals surface area (Å²) < 4.78 is 0. The first-order valence-corrected chi connectivity index (χ1v) is 6.32. The van der Waals surface area contributed by atoms with Gasteiger partial charge in [-0.15, -0.1) is 11.6 Å². The van der Waals surface area contributed by atoms with Crippen LogP contribution in [0, 0.1) is 0 Å². The van der Waals surface area contributed by atoms with E-state index in [0.29, 0.717) is 22.3 Å². The SMILES string of the molecule is O=c1[nH]cc(Cl)c2ccc(NCC(O)CCl)cc12. The largest absolute Gasteiger partial charge is 0.390 e. The molecule has 1 aromatic carbocycles. The van der Waals surface area contributed by atoms with Gasteiger partial charge in [0, 0.05) is 23.8 Å². The minimum Gasteiger partial charge on any atom is -0.390 e. The number of rotatable bonds is 4. The Hall–Kier alpha value is -1.23. The van der Waals surface area contributed by atoms with Crippen molar-refractivity contribution in [3.63, 3.8) is 0 Å². The highest BCUT2D eigenvalue weighted by atomic mass is 35.5. The van der Waals surface area contributed by atoms with E-state index in [0.717, 1.165) is 5.69 Å². The monoisotopic (exact) mass is 286 g/mol. The Labute approximate surface area is 114 Å². The number of halogens is 2. The van der Waals surface area contributed by atoms with Gasteiger partial charge in [0.2, 0.25) is 0 Å². The Morgan fingerprint density at radius 3 is 2.89 bits per heavy atom. The number of aliphatic hydroxyl groups is 1. The first-order chi connectivity index (χ1) is 8.61. The smallest absolute Gasteiger partial charge is 0.255 e. The first-order valence-electron chi connectivity index (χ1n) is 5.40. The molecule has 0 aliphatic carbocycles. The highest BCUT2D eigenvalue weighted by Crippen LogP contribution is 2.22. The predicted octanol–water partition coefficient (Wildman–Crippen LogP) is 2.19. The molecule has 1 aromatic heterocycles. The highest BCUT2D eigenvalue weighted by Gasteiger charge is 2.05. The molecule has 1 atom stereocenters. The number of aromatic nitrogens is 1. The van der Waals surface area contributed by atoms with Crippen LogP contribution in [0.3, 0.4) is 0 Å². The molecule has 6 heteroatoms. The van der Waals surface area contributed by atoms with Gasteiger partial charge < -0.3 is 15.4 Å². The van der Waals surface area contributed by atoms with Crippen LogP contribution in [0.2, 0.25) is 5.02 Å². The molecule has 1 heterocycles. The lowest BCUT2D eigenvalue weighted by Crippen LogP contribution is -2.20. The number of hydrogen-bond donors (Lipinski definition) is 3. The van der Waals surface area contributed by atoms with Crippen molar-refractivity contribution < 1.29 is 5.11 Å². The maximum Gasteiger partial charge on any atom is 0.255 e. The Kier molecular flexibility index (Phi) is 4.11. The van der Waals surface area contributed by atoms with Gasteiger partial charge in [-0.2, -0.15) is 0 Å². The van der Waals surface area contributed by atoms with Gasteiger partial charge in [-0.3, -0.25) is 4.79 Å². The summed E-state index contributed by atoms with van der Waals surface area (Å²) in [5.41, 5.74) is 0.537. The molecule has 0 radical (unpaired) electrons. The molecule has 1 unspecified atom stereocenters. The number of H-pyrrole nitrogens is 1. The van der Waals surface area contributed by atoms with Gasteiger partial charge in [-0.1, -0.05) is 17.7 Å². The van der Waals surface area contributed by atoms with Crippen molar-refractivity contribution in [1.82, 2.24) is 4.98 Å². The predicted molar refractivity (Wildman–Crippen MR) is 74.8 cm³/mol. The van der Waals surface area contributed by atoms with Crippen LogP contribution in [0.15, 0.2) is 29.2 Å². The van der Waals surface area contributed by atoms with E-state index in [2.05, 4.69) is 10.3 Å². The van der Waals surface area contributed by atoms with Crippen LogP contribution in [0.1, 0.15) is 0 Å². The van der Waals surface area contributed by atoms with Crippen molar-refractivity contribution in [1.29, 1.82) is 0 Å². The van der Waals surface area contributed by atoms with Crippen LogP contribution in [-0.2, 0) is 0 Å². The summed E-state index contributed by atoms with van der Waals surface area (Å²) in [4.78, 5) is 14.2. The van der Waals surface area contributed by atoms with Crippen LogP contribution in [0.5, 0.6) is 0 Å². The lowest BCUT2D eigenvalue weighted by Gasteiger charge is -2.10. The molecule has 0 aliphatic rings. The topological polar surface area (TPSA) is 65.1 Å². The number of hydrogen-bond acceptors (Lipinski definition) is 3. The summed E-state index contributed by atoms with van der Waals surface area (Å²) in [6, 6.07) is 5.26. The molecule has 0 aliphatic heterocycles. The minimum absolute atomic E-state index is 0.160. The van der Waals surface area contributed by atoms with Crippen molar-refractivity contribution in [2.75, 3.05) is 17.7 Å². The normalized spacial score (nSPS) is 12.6. The maximum absolute atomic E-state index is 11.7. The van der Waals surface area contributed by atoms with Gasteiger partial charge in [-0.05, 0) is 12.1 Å². The van der Waals surface area contributed by atoms with E-state index in [9.17, 15) is 9.90 Å². The molecule has 2 aromatic rings. The summed E-state index contributed by atoms with van der Waals surface area (Å²) in [5, 5.41) is 14.1. The van der Waals surface area contributed by atoms with Gasteiger partial charge in [0.1, 0.15) is 0 Å². The summed E-state index contributed by atoms with van der Waals surface area (Å²) in [6.45, 7) is 0.327.